The number of methoxy groups -OCH3 is 1. The van der Waals surface area contributed by atoms with Crippen molar-refractivity contribution in [3.8, 4) is 16.9 Å². The van der Waals surface area contributed by atoms with Crippen LogP contribution in [-0.2, 0) is 16.0 Å². The number of benzene rings is 2. The van der Waals surface area contributed by atoms with Gasteiger partial charge in [-0.3, -0.25) is 0 Å². The summed E-state index contributed by atoms with van der Waals surface area (Å²) in [6, 6.07) is 16.2. The molecule has 0 aliphatic rings. The first kappa shape index (κ1) is 15.8. The molecule has 0 spiro atoms. The maximum absolute atomic E-state index is 11.3. The van der Waals surface area contributed by atoms with Crippen molar-refractivity contribution in [2.75, 3.05) is 13.7 Å². The Kier molecular flexibility index (Phi) is 5.37. The summed E-state index contributed by atoms with van der Waals surface area (Å²) in [5, 5.41) is 0. The zero-order valence-electron chi connectivity index (χ0n) is 13.0. The maximum atomic E-state index is 11.3. The third-order valence-electron chi connectivity index (χ3n) is 3.35. The van der Waals surface area contributed by atoms with Crippen molar-refractivity contribution in [1.82, 2.24) is 0 Å². The number of esters is 1. The first-order chi connectivity index (χ1) is 10.6. The van der Waals surface area contributed by atoms with Crippen LogP contribution in [0.4, 0.5) is 0 Å². The maximum Gasteiger partial charge on any atom is 0.333 e. The van der Waals surface area contributed by atoms with E-state index in [1.165, 1.54) is 0 Å². The van der Waals surface area contributed by atoms with Crippen LogP contribution in [0, 0.1) is 0 Å². The highest BCUT2D eigenvalue weighted by atomic mass is 16.5. The Labute approximate surface area is 131 Å². The molecule has 3 heteroatoms. The van der Waals surface area contributed by atoms with Gasteiger partial charge in [0.15, 0.2) is 0 Å². The molecule has 0 aliphatic carbocycles. The molecule has 3 nitrogen and oxygen atoms in total. The number of hydrogen-bond acceptors (Lipinski definition) is 3. The van der Waals surface area contributed by atoms with Gasteiger partial charge in [-0.05, 0) is 35.7 Å². The molecule has 0 radical (unpaired) electrons. The van der Waals surface area contributed by atoms with E-state index in [2.05, 4.69) is 18.7 Å². The Morgan fingerprint density at radius 2 is 1.55 bits per heavy atom. The Bertz CT molecular complexity index is 639. The van der Waals surface area contributed by atoms with Crippen molar-refractivity contribution < 1.29 is 14.3 Å². The van der Waals surface area contributed by atoms with Crippen LogP contribution in [0.5, 0.6) is 5.75 Å². The number of ether oxygens (including phenoxy) is 2. The molecule has 0 heterocycles. The van der Waals surface area contributed by atoms with Crippen molar-refractivity contribution in [2.24, 2.45) is 0 Å². The van der Waals surface area contributed by atoms with Crippen LogP contribution >= 0.6 is 0 Å². The van der Waals surface area contributed by atoms with E-state index in [-0.39, 0.29) is 5.97 Å². The molecule has 0 N–H and O–H groups in total. The van der Waals surface area contributed by atoms with Gasteiger partial charge >= 0.3 is 5.97 Å². The lowest BCUT2D eigenvalue weighted by atomic mass is 10.0. The van der Waals surface area contributed by atoms with Crippen LogP contribution in [0.15, 0.2) is 60.7 Å². The average Bonchev–Trinajstić information content (AvgIpc) is 2.55. The second-order valence-corrected chi connectivity index (χ2v) is 5.09. The molecule has 0 unspecified atom stereocenters. The SMILES string of the molecule is C=C(C)C(=O)OCCc1ccc(-c2ccc(OC)cc2)cc1. The normalized spacial score (nSPS) is 10.1. The third kappa shape index (κ3) is 4.22. The summed E-state index contributed by atoms with van der Waals surface area (Å²) in [7, 11) is 1.66. The lowest BCUT2D eigenvalue weighted by Crippen LogP contribution is -2.07. The van der Waals surface area contributed by atoms with E-state index < -0.39 is 0 Å². The second kappa shape index (κ2) is 7.46. The minimum absolute atomic E-state index is 0.338. The van der Waals surface area contributed by atoms with Crippen LogP contribution in [-0.4, -0.2) is 19.7 Å². The van der Waals surface area contributed by atoms with E-state index in [9.17, 15) is 4.79 Å². The summed E-state index contributed by atoms with van der Waals surface area (Å²) in [6.07, 6.45) is 0.696. The Morgan fingerprint density at radius 3 is 2.05 bits per heavy atom. The molecule has 0 saturated carbocycles. The topological polar surface area (TPSA) is 35.5 Å². The zero-order valence-corrected chi connectivity index (χ0v) is 13.0. The fourth-order valence-corrected chi connectivity index (χ4v) is 2.03. The van der Waals surface area contributed by atoms with Crippen molar-refractivity contribution in [2.45, 2.75) is 13.3 Å². The van der Waals surface area contributed by atoms with Gasteiger partial charge in [-0.25, -0.2) is 4.79 Å². The minimum atomic E-state index is -0.338. The lowest BCUT2D eigenvalue weighted by Gasteiger charge is -2.07. The zero-order chi connectivity index (χ0) is 15.9. The van der Waals surface area contributed by atoms with Gasteiger partial charge in [-0.15, -0.1) is 0 Å². The monoisotopic (exact) mass is 296 g/mol. The van der Waals surface area contributed by atoms with Gasteiger partial charge in [-0.2, -0.15) is 0 Å². The molecule has 0 saturated heterocycles. The van der Waals surface area contributed by atoms with E-state index in [0.717, 1.165) is 22.4 Å². The molecule has 114 valence electrons. The van der Waals surface area contributed by atoms with Crippen molar-refractivity contribution in [3.63, 3.8) is 0 Å². The van der Waals surface area contributed by atoms with E-state index in [0.29, 0.717) is 18.6 Å². The quantitative estimate of drug-likeness (QED) is 0.596. The second-order valence-electron chi connectivity index (χ2n) is 5.09. The summed E-state index contributed by atoms with van der Waals surface area (Å²) >= 11 is 0. The Balaban J connectivity index is 1.94. The molecule has 0 amide bonds. The van der Waals surface area contributed by atoms with Gasteiger partial charge in [0.25, 0.3) is 0 Å². The highest BCUT2D eigenvalue weighted by Gasteiger charge is 2.03. The first-order valence-electron chi connectivity index (χ1n) is 7.16. The van der Waals surface area contributed by atoms with Gasteiger partial charge in [0, 0.05) is 12.0 Å². The summed E-state index contributed by atoms with van der Waals surface area (Å²) in [5.41, 5.74) is 3.84. The van der Waals surface area contributed by atoms with Crippen molar-refractivity contribution in [1.29, 1.82) is 0 Å². The largest absolute Gasteiger partial charge is 0.497 e. The van der Waals surface area contributed by atoms with E-state index in [4.69, 9.17) is 9.47 Å². The van der Waals surface area contributed by atoms with Crippen LogP contribution in [0.3, 0.4) is 0 Å². The third-order valence-corrected chi connectivity index (χ3v) is 3.35. The molecular weight excluding hydrogens is 276 g/mol. The molecule has 2 rings (SSSR count). The highest BCUT2D eigenvalue weighted by molar-refractivity contribution is 5.86. The minimum Gasteiger partial charge on any atom is -0.497 e. The fourth-order valence-electron chi connectivity index (χ4n) is 2.03. The van der Waals surface area contributed by atoms with Crippen LogP contribution < -0.4 is 4.74 Å². The molecule has 2 aromatic rings. The molecule has 0 bridgehead atoms. The lowest BCUT2D eigenvalue weighted by molar-refractivity contribution is -0.138. The van der Waals surface area contributed by atoms with Crippen LogP contribution in [0.2, 0.25) is 0 Å². The average molecular weight is 296 g/mol. The van der Waals surface area contributed by atoms with Gasteiger partial charge in [0.2, 0.25) is 0 Å². The summed E-state index contributed by atoms with van der Waals surface area (Å²) in [4.78, 5) is 11.3. The number of hydrogen-bond donors (Lipinski definition) is 0. The van der Waals surface area contributed by atoms with Gasteiger partial charge < -0.3 is 9.47 Å². The van der Waals surface area contributed by atoms with Gasteiger partial charge in [-0.1, -0.05) is 43.0 Å². The highest BCUT2D eigenvalue weighted by Crippen LogP contribution is 2.22. The number of rotatable bonds is 6. The van der Waals surface area contributed by atoms with Gasteiger partial charge in [0.05, 0.1) is 13.7 Å². The molecule has 0 atom stereocenters. The van der Waals surface area contributed by atoms with Gasteiger partial charge in [0.1, 0.15) is 5.75 Å². The Hall–Kier alpha value is -2.55. The predicted molar refractivity (Wildman–Crippen MR) is 87.9 cm³/mol. The molecule has 22 heavy (non-hydrogen) atoms. The van der Waals surface area contributed by atoms with Crippen molar-refractivity contribution >= 4 is 5.97 Å². The first-order valence-corrected chi connectivity index (χ1v) is 7.16. The smallest absolute Gasteiger partial charge is 0.333 e. The molecular formula is C19H20O3. The fraction of sp³-hybridized carbons (Fsp3) is 0.211. The molecule has 2 aromatic carbocycles. The van der Waals surface area contributed by atoms with E-state index >= 15 is 0 Å². The number of carbonyl (C=O) groups excluding carboxylic acids is 1. The Morgan fingerprint density at radius 1 is 1.00 bits per heavy atom. The summed E-state index contributed by atoms with van der Waals surface area (Å²) < 4.78 is 10.3. The van der Waals surface area contributed by atoms with Crippen molar-refractivity contribution in [3.05, 3.63) is 66.2 Å². The van der Waals surface area contributed by atoms with E-state index in [1.54, 1.807) is 14.0 Å². The van der Waals surface area contributed by atoms with Crippen LogP contribution in [0.1, 0.15) is 12.5 Å². The molecule has 0 fully saturated rings. The van der Waals surface area contributed by atoms with E-state index in [1.807, 2.05) is 36.4 Å². The number of carbonyl (C=O) groups is 1. The molecule has 0 aliphatic heterocycles. The summed E-state index contributed by atoms with van der Waals surface area (Å²) in [6.45, 7) is 5.57. The predicted octanol–water partition coefficient (Wildman–Crippen LogP) is 4.02. The standard InChI is InChI=1S/C19H20O3/c1-14(2)19(20)22-13-12-15-4-6-16(7-5-15)17-8-10-18(21-3)11-9-17/h4-11H,1,12-13H2,2-3H3. The summed E-state index contributed by atoms with van der Waals surface area (Å²) in [5.74, 6) is 0.509. The molecule has 0 aromatic heterocycles. The van der Waals surface area contributed by atoms with Crippen LogP contribution in [0.25, 0.3) is 11.1 Å².